The summed E-state index contributed by atoms with van der Waals surface area (Å²) >= 11 is 7.39. The van der Waals surface area contributed by atoms with E-state index >= 15 is 0 Å². The fourth-order valence-corrected chi connectivity index (χ4v) is 0.0962. The molecule has 1 atom stereocenters. The van der Waals surface area contributed by atoms with E-state index in [-0.39, 0.29) is 5.25 Å². The Kier molecular flexibility index (Phi) is 33.2. The van der Waals surface area contributed by atoms with E-state index < -0.39 is 0 Å². The van der Waals surface area contributed by atoms with Gasteiger partial charge in [0.15, 0.2) is 0 Å². The van der Waals surface area contributed by atoms with E-state index in [4.69, 9.17) is 4.79 Å². The minimum atomic E-state index is -0.0509. The summed E-state index contributed by atoms with van der Waals surface area (Å²) in [6, 6.07) is 0. The SMILES string of the molecule is C=CC=O.CCC(S)C=O.CS. The Morgan fingerprint density at radius 1 is 1.42 bits per heavy atom. The fourth-order valence-electron chi connectivity index (χ4n) is 0.0962. The summed E-state index contributed by atoms with van der Waals surface area (Å²) in [5, 5.41) is -0.0509. The summed E-state index contributed by atoms with van der Waals surface area (Å²) in [5.74, 6) is 0. The highest BCUT2D eigenvalue weighted by Gasteiger charge is 1.90. The zero-order valence-corrected chi connectivity index (χ0v) is 9.22. The van der Waals surface area contributed by atoms with Crippen molar-refractivity contribution in [2.24, 2.45) is 0 Å². The molecule has 0 aliphatic carbocycles. The third-order valence-corrected chi connectivity index (χ3v) is 1.16. The molecular weight excluding hydrogens is 192 g/mol. The maximum Gasteiger partial charge on any atom is 0.142 e. The summed E-state index contributed by atoms with van der Waals surface area (Å²) in [7, 11) is 0. The summed E-state index contributed by atoms with van der Waals surface area (Å²) in [6.07, 6.45) is 5.19. The van der Waals surface area contributed by atoms with Gasteiger partial charge in [0.05, 0.1) is 5.25 Å². The minimum absolute atomic E-state index is 0.0509. The van der Waals surface area contributed by atoms with Crippen LogP contribution >= 0.6 is 25.3 Å². The molecular formula is C8H16O2S2. The quantitative estimate of drug-likeness (QED) is 0.421. The molecule has 0 rings (SSSR count). The van der Waals surface area contributed by atoms with E-state index in [0.717, 1.165) is 12.7 Å². The predicted molar refractivity (Wildman–Crippen MR) is 60.3 cm³/mol. The molecule has 12 heavy (non-hydrogen) atoms. The minimum Gasteiger partial charge on any atom is -0.302 e. The Bertz CT molecular complexity index is 99.2. The van der Waals surface area contributed by atoms with E-state index in [1.807, 2.05) is 6.92 Å². The van der Waals surface area contributed by atoms with Crippen LogP contribution in [0.15, 0.2) is 12.7 Å². The van der Waals surface area contributed by atoms with Crippen molar-refractivity contribution >= 4 is 37.8 Å². The number of aldehydes is 2. The van der Waals surface area contributed by atoms with Gasteiger partial charge >= 0.3 is 0 Å². The number of hydrogen-bond donors (Lipinski definition) is 2. The van der Waals surface area contributed by atoms with Gasteiger partial charge in [-0.2, -0.15) is 25.3 Å². The molecule has 72 valence electrons. The topological polar surface area (TPSA) is 34.1 Å². The second-order valence-electron chi connectivity index (χ2n) is 1.48. The van der Waals surface area contributed by atoms with Gasteiger partial charge in [-0.3, -0.25) is 4.79 Å². The third-order valence-electron chi connectivity index (χ3n) is 0.672. The Labute approximate surface area is 85.2 Å². The van der Waals surface area contributed by atoms with Crippen LogP contribution in [0.25, 0.3) is 0 Å². The molecule has 0 spiro atoms. The van der Waals surface area contributed by atoms with E-state index in [0.29, 0.717) is 6.29 Å². The number of carbonyl (C=O) groups is 2. The molecule has 0 radical (unpaired) electrons. The summed E-state index contributed by atoms with van der Waals surface area (Å²) in [4.78, 5) is 18.7. The molecule has 0 aliphatic heterocycles. The van der Waals surface area contributed by atoms with Gasteiger partial charge in [0.2, 0.25) is 0 Å². The van der Waals surface area contributed by atoms with Crippen molar-refractivity contribution in [3.63, 3.8) is 0 Å². The average molecular weight is 208 g/mol. The lowest BCUT2D eigenvalue weighted by Gasteiger charge is -1.88. The fraction of sp³-hybridized carbons (Fsp3) is 0.500. The molecule has 2 nitrogen and oxygen atoms in total. The maximum absolute atomic E-state index is 9.66. The number of rotatable bonds is 3. The molecule has 0 fully saturated rings. The third kappa shape index (κ3) is 33.0. The Balaban J connectivity index is -0.000000118. The zero-order chi connectivity index (χ0) is 10.4. The van der Waals surface area contributed by atoms with E-state index in [9.17, 15) is 4.79 Å². The van der Waals surface area contributed by atoms with Gasteiger partial charge in [-0.25, -0.2) is 0 Å². The normalized spacial score (nSPS) is 9.00. The van der Waals surface area contributed by atoms with Crippen LogP contribution < -0.4 is 0 Å². The number of hydrogen-bond acceptors (Lipinski definition) is 4. The molecule has 0 bridgehead atoms. The smallest absolute Gasteiger partial charge is 0.142 e. The molecule has 0 N–H and O–H groups in total. The van der Waals surface area contributed by atoms with Gasteiger partial charge in [-0.15, -0.1) is 0 Å². The first-order chi connectivity index (χ1) is 5.72. The van der Waals surface area contributed by atoms with Gasteiger partial charge in [0.1, 0.15) is 12.6 Å². The Morgan fingerprint density at radius 2 is 1.75 bits per heavy atom. The van der Waals surface area contributed by atoms with Crippen molar-refractivity contribution in [1.29, 1.82) is 0 Å². The molecule has 1 unspecified atom stereocenters. The van der Waals surface area contributed by atoms with Gasteiger partial charge in [-0.05, 0) is 18.8 Å². The van der Waals surface area contributed by atoms with Crippen molar-refractivity contribution < 1.29 is 9.59 Å². The number of thiol groups is 2. The first-order valence-corrected chi connectivity index (χ1v) is 4.78. The first kappa shape index (κ1) is 17.8. The molecule has 0 aromatic carbocycles. The molecule has 4 heteroatoms. The highest BCUT2D eigenvalue weighted by molar-refractivity contribution is 7.81. The van der Waals surface area contributed by atoms with Crippen molar-refractivity contribution in [2.75, 3.05) is 6.26 Å². The molecule has 0 aromatic rings. The Hall–Kier alpha value is -0.220. The van der Waals surface area contributed by atoms with Crippen LogP contribution in [0.1, 0.15) is 13.3 Å². The monoisotopic (exact) mass is 208 g/mol. The van der Waals surface area contributed by atoms with E-state index in [1.165, 1.54) is 6.08 Å². The van der Waals surface area contributed by atoms with Crippen LogP contribution in [0, 0.1) is 0 Å². The van der Waals surface area contributed by atoms with Gasteiger partial charge in [-0.1, -0.05) is 13.5 Å². The highest BCUT2D eigenvalue weighted by atomic mass is 32.1. The van der Waals surface area contributed by atoms with Crippen molar-refractivity contribution in [3.8, 4) is 0 Å². The largest absolute Gasteiger partial charge is 0.302 e. The second kappa shape index (κ2) is 22.4. The number of allylic oxidation sites excluding steroid dienone is 1. The lowest BCUT2D eigenvalue weighted by atomic mass is 10.4. The van der Waals surface area contributed by atoms with Gasteiger partial charge in [0.25, 0.3) is 0 Å². The predicted octanol–water partition coefficient (Wildman–Crippen LogP) is 1.81. The van der Waals surface area contributed by atoms with Crippen molar-refractivity contribution in [3.05, 3.63) is 12.7 Å². The zero-order valence-electron chi connectivity index (χ0n) is 7.43. The Morgan fingerprint density at radius 3 is 1.75 bits per heavy atom. The molecule has 0 saturated heterocycles. The molecule has 0 aliphatic rings. The molecule has 0 saturated carbocycles. The van der Waals surface area contributed by atoms with Crippen LogP contribution in [0.2, 0.25) is 0 Å². The average Bonchev–Trinajstić information content (AvgIpc) is 2.20. The van der Waals surface area contributed by atoms with Crippen LogP contribution in [0.5, 0.6) is 0 Å². The van der Waals surface area contributed by atoms with Crippen LogP contribution in [-0.4, -0.2) is 24.1 Å². The summed E-state index contributed by atoms with van der Waals surface area (Å²) in [5.41, 5.74) is 0. The van der Waals surface area contributed by atoms with E-state index in [1.54, 1.807) is 6.26 Å². The number of carbonyl (C=O) groups excluding carboxylic acids is 2. The van der Waals surface area contributed by atoms with Crippen LogP contribution in [0.3, 0.4) is 0 Å². The molecule has 0 amide bonds. The van der Waals surface area contributed by atoms with Gasteiger partial charge in [0, 0.05) is 0 Å². The molecule has 0 heterocycles. The summed E-state index contributed by atoms with van der Waals surface area (Å²) < 4.78 is 0. The second-order valence-corrected chi connectivity index (χ2v) is 2.15. The van der Waals surface area contributed by atoms with Crippen molar-refractivity contribution in [1.82, 2.24) is 0 Å². The highest BCUT2D eigenvalue weighted by Crippen LogP contribution is 1.92. The lowest BCUT2D eigenvalue weighted by Crippen LogP contribution is -1.94. The van der Waals surface area contributed by atoms with Crippen LogP contribution in [-0.2, 0) is 9.59 Å². The van der Waals surface area contributed by atoms with Gasteiger partial charge < -0.3 is 4.79 Å². The first-order valence-electron chi connectivity index (χ1n) is 3.37. The standard InChI is InChI=1S/C4H8OS.C3H4O.CH4S/c1-2-4(6)3-5;1-2-3-4;1-2/h3-4,6H,2H2,1H3;2-3H,1H2;2H,1H3. The molecule has 0 aromatic heterocycles. The maximum atomic E-state index is 9.66. The van der Waals surface area contributed by atoms with Crippen LogP contribution in [0.4, 0.5) is 0 Å². The van der Waals surface area contributed by atoms with E-state index in [2.05, 4.69) is 31.8 Å². The summed E-state index contributed by atoms with van der Waals surface area (Å²) in [6.45, 7) is 5.03. The lowest BCUT2D eigenvalue weighted by molar-refractivity contribution is -0.107. The van der Waals surface area contributed by atoms with Crippen molar-refractivity contribution in [2.45, 2.75) is 18.6 Å².